The Hall–Kier alpha value is -0.240. The Kier molecular flexibility index (Phi) is 33.4. The third-order valence-corrected chi connectivity index (χ3v) is 0. The summed E-state index contributed by atoms with van der Waals surface area (Å²) in [6.07, 6.45) is 0. The summed E-state index contributed by atoms with van der Waals surface area (Å²) in [4.78, 5) is 0. The van der Waals surface area contributed by atoms with E-state index < -0.39 is 0 Å². The van der Waals surface area contributed by atoms with E-state index >= 15 is 0 Å². The fourth-order valence-corrected chi connectivity index (χ4v) is 0. The summed E-state index contributed by atoms with van der Waals surface area (Å²) in [5.74, 6) is 0. The van der Waals surface area contributed by atoms with E-state index in [-0.39, 0.29) is 0 Å². The van der Waals surface area contributed by atoms with Crippen LogP contribution in [0.15, 0.2) is 0 Å². The molecule has 0 aliphatic carbocycles. The van der Waals surface area contributed by atoms with E-state index in [1.54, 1.807) is 0 Å². The molecule has 6 heavy (non-hydrogen) atoms. The smallest absolute Gasteiger partial charge is 0.0737 e. The predicted octanol–water partition coefficient (Wildman–Crippen LogP) is -0.102. The second-order valence-electron chi connectivity index (χ2n) is 0.163. The molecule has 0 heterocycles. The van der Waals surface area contributed by atoms with Crippen LogP contribution < -0.4 is 0 Å². The van der Waals surface area contributed by atoms with Crippen molar-refractivity contribution in [3.05, 3.63) is 0 Å². The first kappa shape index (κ1) is 9.23. The van der Waals surface area contributed by atoms with Gasteiger partial charge in [-0.1, -0.05) is 10.1 Å². The fraction of sp³-hybridized carbons (Fsp3) is 0. The standard InChI is InChI=1S/2H2O3/c2*1-3-2/h2*1-2H. The summed E-state index contributed by atoms with van der Waals surface area (Å²) in [5, 5.41) is 31.0. The lowest BCUT2D eigenvalue weighted by atomic mass is 14.6. The average Bonchev–Trinajstić information content (AvgIpc) is 1.39. The van der Waals surface area contributed by atoms with Crippen molar-refractivity contribution in [2.75, 3.05) is 0 Å². The van der Waals surface area contributed by atoms with E-state index in [0.717, 1.165) is 0 Å². The summed E-state index contributed by atoms with van der Waals surface area (Å²) in [6, 6.07) is 0. The fourth-order valence-electron chi connectivity index (χ4n) is 0. The molecule has 0 amide bonds. The monoisotopic (exact) mass is 100 g/mol. The molecule has 0 fully saturated rings. The lowest BCUT2D eigenvalue weighted by molar-refractivity contribution is -0.465. The maximum atomic E-state index is 6.62. The third kappa shape index (κ3) is 497. The molecule has 0 atom stereocenters. The topological polar surface area (TPSA) is 99.4 Å². The van der Waals surface area contributed by atoms with Gasteiger partial charge < -0.3 is 0 Å². The molecule has 6 heteroatoms. The first-order valence-corrected chi connectivity index (χ1v) is 0.730. The van der Waals surface area contributed by atoms with Gasteiger partial charge in [0.2, 0.25) is 0 Å². The Morgan fingerprint density at radius 1 is 0.667 bits per heavy atom. The molecule has 6 nitrogen and oxygen atoms in total. The zero-order valence-corrected chi connectivity index (χ0v) is 2.61. The second kappa shape index (κ2) is 21.7. The Balaban J connectivity index is 0. The van der Waals surface area contributed by atoms with Gasteiger partial charge in [-0.2, -0.15) is 0 Å². The highest BCUT2D eigenvalue weighted by Gasteiger charge is 1.27. The van der Waals surface area contributed by atoms with Gasteiger partial charge in [0.25, 0.3) is 0 Å². The van der Waals surface area contributed by atoms with Crippen LogP contribution in [0.1, 0.15) is 0 Å². The van der Waals surface area contributed by atoms with Crippen LogP contribution in [0.5, 0.6) is 0 Å². The molecule has 0 aromatic rings. The Morgan fingerprint density at radius 2 is 0.667 bits per heavy atom. The molecule has 0 aromatic carbocycles. The molecule has 0 saturated carbocycles. The number of hydrogen-bond donors (Lipinski definition) is 4. The van der Waals surface area contributed by atoms with Crippen molar-refractivity contribution in [3.63, 3.8) is 0 Å². The van der Waals surface area contributed by atoms with Crippen LogP contribution in [0.3, 0.4) is 0 Å². The van der Waals surface area contributed by atoms with E-state index in [4.69, 9.17) is 21.0 Å². The molecule has 0 unspecified atom stereocenters. The molecule has 40 valence electrons. The van der Waals surface area contributed by atoms with Crippen LogP contribution in [0.4, 0.5) is 0 Å². The molecular weight excluding hydrogens is 96.0 g/mol. The lowest BCUT2D eigenvalue weighted by Crippen LogP contribution is -1.60. The largest absolute Gasteiger partial charge is 0.221 e. The van der Waals surface area contributed by atoms with E-state index in [1.165, 1.54) is 0 Å². The van der Waals surface area contributed by atoms with E-state index in [9.17, 15) is 0 Å². The van der Waals surface area contributed by atoms with Crippen LogP contribution in [-0.4, -0.2) is 21.0 Å². The highest BCUT2D eigenvalue weighted by Crippen LogP contribution is 1.24. The zero-order valence-electron chi connectivity index (χ0n) is 2.61. The zero-order chi connectivity index (χ0) is 5.41. The molecule has 0 aliphatic heterocycles. The van der Waals surface area contributed by atoms with Gasteiger partial charge in [-0.25, -0.2) is 21.0 Å². The Labute approximate surface area is 32.5 Å². The van der Waals surface area contributed by atoms with Gasteiger partial charge in [0.05, 0.1) is 0 Å². The van der Waals surface area contributed by atoms with Crippen LogP contribution in [0.2, 0.25) is 0 Å². The average molecular weight is 100 g/mol. The molecule has 0 spiro atoms. The van der Waals surface area contributed by atoms with Crippen molar-refractivity contribution >= 4 is 0 Å². The normalized spacial score (nSPS) is 6.00. The SMILES string of the molecule is OOO.OOO. The molecule has 0 saturated heterocycles. The Bertz CT molecular complexity index is 2.00. The van der Waals surface area contributed by atoms with Gasteiger partial charge in [-0.3, -0.25) is 0 Å². The molecule has 0 bridgehead atoms. The molecule has 0 rings (SSSR count). The van der Waals surface area contributed by atoms with Gasteiger partial charge in [0.1, 0.15) is 0 Å². The highest BCUT2D eigenvalue weighted by molar-refractivity contribution is 2.38. The van der Waals surface area contributed by atoms with E-state index in [0.29, 0.717) is 0 Å². The summed E-state index contributed by atoms with van der Waals surface area (Å²) in [7, 11) is 0. The van der Waals surface area contributed by atoms with Crippen molar-refractivity contribution in [2.24, 2.45) is 0 Å². The van der Waals surface area contributed by atoms with Crippen LogP contribution in [0.25, 0.3) is 0 Å². The van der Waals surface area contributed by atoms with Gasteiger partial charge >= 0.3 is 0 Å². The molecular formula is H4O6. The minimum absolute atomic E-state index is 2.25. The van der Waals surface area contributed by atoms with Crippen molar-refractivity contribution in [2.45, 2.75) is 0 Å². The maximum absolute atomic E-state index is 6.62. The van der Waals surface area contributed by atoms with E-state index in [1.807, 2.05) is 0 Å². The lowest BCUT2D eigenvalue weighted by Gasteiger charge is -1.56. The Morgan fingerprint density at radius 3 is 0.667 bits per heavy atom. The van der Waals surface area contributed by atoms with Gasteiger partial charge in [0.15, 0.2) is 0 Å². The van der Waals surface area contributed by atoms with Crippen LogP contribution >= 0.6 is 0 Å². The first-order chi connectivity index (χ1) is 2.83. The van der Waals surface area contributed by atoms with Crippen molar-refractivity contribution in [1.82, 2.24) is 0 Å². The minimum Gasteiger partial charge on any atom is -0.221 e. The maximum Gasteiger partial charge on any atom is -0.0737 e. The van der Waals surface area contributed by atoms with Gasteiger partial charge in [0, 0.05) is 0 Å². The van der Waals surface area contributed by atoms with Crippen molar-refractivity contribution in [3.8, 4) is 0 Å². The predicted molar refractivity (Wildman–Crippen MR) is 12.7 cm³/mol. The summed E-state index contributed by atoms with van der Waals surface area (Å²) in [6.45, 7) is 0. The first-order valence-electron chi connectivity index (χ1n) is 0.730. The third-order valence-electron chi connectivity index (χ3n) is 0. The van der Waals surface area contributed by atoms with Crippen molar-refractivity contribution in [1.29, 1.82) is 0 Å². The van der Waals surface area contributed by atoms with Gasteiger partial charge in [-0.15, -0.1) is 0 Å². The second-order valence-corrected chi connectivity index (χ2v) is 0.163. The van der Waals surface area contributed by atoms with Crippen LogP contribution in [-0.2, 0) is 10.1 Å². The minimum atomic E-state index is 2.25. The highest BCUT2D eigenvalue weighted by atomic mass is 17.4. The molecule has 4 N–H and O–H groups in total. The number of rotatable bonds is 0. The van der Waals surface area contributed by atoms with E-state index in [2.05, 4.69) is 10.1 Å². The van der Waals surface area contributed by atoms with Crippen molar-refractivity contribution < 1.29 is 31.1 Å². The molecule has 0 radical (unpaired) electrons. The van der Waals surface area contributed by atoms with Crippen LogP contribution in [0, 0.1) is 0 Å². The molecule has 0 aromatic heterocycles. The number of hydrogen-bond acceptors (Lipinski definition) is 6. The summed E-state index contributed by atoms with van der Waals surface area (Å²) in [5.41, 5.74) is 0. The molecule has 0 aliphatic rings. The summed E-state index contributed by atoms with van der Waals surface area (Å²) >= 11 is 0. The quantitative estimate of drug-likeness (QED) is 0.250. The summed E-state index contributed by atoms with van der Waals surface area (Å²) < 4.78 is 0. The van der Waals surface area contributed by atoms with Gasteiger partial charge in [-0.05, 0) is 0 Å².